The Kier molecular flexibility index (Phi) is 3.51. The molecule has 2 heterocycles. The molecule has 4 heteroatoms. The largest absolute Gasteiger partial charge is 0.477 e. The first kappa shape index (κ1) is 12.6. The molecule has 1 N–H and O–H groups in total. The number of aromatic nitrogens is 1. The number of carbonyl (C=O) groups is 1. The fourth-order valence-electron chi connectivity index (χ4n) is 3.58. The van der Waals surface area contributed by atoms with E-state index in [0.29, 0.717) is 0 Å². The average molecular weight is 260 g/mol. The fraction of sp³-hybridized carbons (Fsp3) is 0.600. The lowest BCUT2D eigenvalue weighted by Gasteiger charge is -2.41. The van der Waals surface area contributed by atoms with Crippen LogP contribution in [0.25, 0.3) is 0 Å². The van der Waals surface area contributed by atoms with Crippen molar-refractivity contribution in [2.45, 2.75) is 32.2 Å². The summed E-state index contributed by atoms with van der Waals surface area (Å²) in [4.78, 5) is 17.6. The summed E-state index contributed by atoms with van der Waals surface area (Å²) in [6, 6.07) is 5.27. The number of carboxylic acid groups (broad SMARTS) is 1. The van der Waals surface area contributed by atoms with E-state index >= 15 is 0 Å². The highest BCUT2D eigenvalue weighted by Crippen LogP contribution is 2.34. The molecule has 0 spiro atoms. The predicted molar refractivity (Wildman–Crippen MR) is 71.9 cm³/mol. The molecule has 0 amide bonds. The van der Waals surface area contributed by atoms with Gasteiger partial charge in [-0.3, -0.25) is 4.90 Å². The number of rotatable bonds is 3. The van der Waals surface area contributed by atoms with Gasteiger partial charge in [-0.25, -0.2) is 9.78 Å². The van der Waals surface area contributed by atoms with E-state index in [2.05, 4.69) is 9.88 Å². The Labute approximate surface area is 113 Å². The molecule has 2 aliphatic rings. The van der Waals surface area contributed by atoms with Gasteiger partial charge >= 0.3 is 5.97 Å². The van der Waals surface area contributed by atoms with Crippen LogP contribution in [-0.2, 0) is 6.54 Å². The van der Waals surface area contributed by atoms with Crippen molar-refractivity contribution < 1.29 is 9.90 Å². The number of hydrogen-bond acceptors (Lipinski definition) is 3. The second kappa shape index (κ2) is 5.29. The Bertz CT molecular complexity index is 463. The number of aromatic carboxylic acids is 1. The fourth-order valence-corrected chi connectivity index (χ4v) is 3.58. The summed E-state index contributed by atoms with van der Waals surface area (Å²) in [6.07, 6.45) is 5.49. The first-order valence-corrected chi connectivity index (χ1v) is 7.12. The van der Waals surface area contributed by atoms with Gasteiger partial charge in [-0.2, -0.15) is 0 Å². The van der Waals surface area contributed by atoms with Gasteiger partial charge in [0.05, 0.1) is 5.69 Å². The lowest BCUT2D eigenvalue weighted by atomic mass is 9.78. The summed E-state index contributed by atoms with van der Waals surface area (Å²) >= 11 is 0. The minimum Gasteiger partial charge on any atom is -0.477 e. The van der Waals surface area contributed by atoms with Crippen molar-refractivity contribution in [1.29, 1.82) is 0 Å². The molecular weight excluding hydrogens is 240 g/mol. The third kappa shape index (κ3) is 2.95. The van der Waals surface area contributed by atoms with E-state index in [9.17, 15) is 4.79 Å². The van der Waals surface area contributed by atoms with E-state index in [1.54, 1.807) is 12.1 Å². The van der Waals surface area contributed by atoms with Crippen molar-refractivity contribution >= 4 is 5.97 Å². The summed E-state index contributed by atoms with van der Waals surface area (Å²) in [7, 11) is 0. The zero-order valence-corrected chi connectivity index (χ0v) is 11.1. The van der Waals surface area contributed by atoms with Crippen LogP contribution in [0.2, 0.25) is 0 Å². The lowest BCUT2D eigenvalue weighted by molar-refractivity contribution is 0.0686. The molecule has 2 fully saturated rings. The highest BCUT2D eigenvalue weighted by atomic mass is 16.4. The van der Waals surface area contributed by atoms with Crippen molar-refractivity contribution in [2.75, 3.05) is 13.1 Å². The minimum atomic E-state index is -0.947. The van der Waals surface area contributed by atoms with Gasteiger partial charge in [-0.1, -0.05) is 12.5 Å². The molecule has 1 saturated heterocycles. The quantitative estimate of drug-likeness (QED) is 0.906. The van der Waals surface area contributed by atoms with E-state index in [1.807, 2.05) is 6.07 Å². The van der Waals surface area contributed by atoms with Gasteiger partial charge in [0.25, 0.3) is 0 Å². The molecule has 3 rings (SSSR count). The maximum absolute atomic E-state index is 10.9. The Morgan fingerprint density at radius 1 is 1.32 bits per heavy atom. The number of piperidine rings is 1. The highest BCUT2D eigenvalue weighted by Gasteiger charge is 2.30. The van der Waals surface area contributed by atoms with Crippen LogP contribution >= 0.6 is 0 Å². The maximum Gasteiger partial charge on any atom is 0.354 e. The molecule has 1 aliphatic heterocycles. The first-order chi connectivity index (χ1) is 9.20. The van der Waals surface area contributed by atoms with Crippen LogP contribution in [0.3, 0.4) is 0 Å². The number of fused-ring (bicyclic) bond motifs is 2. The SMILES string of the molecule is O=C(O)c1cccc(CN2C[C@H]3CCC[C@@H](C3)C2)n1. The zero-order valence-electron chi connectivity index (χ0n) is 11.1. The second-order valence-electron chi connectivity index (χ2n) is 5.91. The van der Waals surface area contributed by atoms with Gasteiger partial charge in [0.15, 0.2) is 0 Å². The summed E-state index contributed by atoms with van der Waals surface area (Å²) in [5.41, 5.74) is 1.02. The van der Waals surface area contributed by atoms with Crippen molar-refractivity contribution in [1.82, 2.24) is 9.88 Å². The monoisotopic (exact) mass is 260 g/mol. The van der Waals surface area contributed by atoms with Crippen LogP contribution < -0.4 is 0 Å². The molecule has 0 radical (unpaired) electrons. The Morgan fingerprint density at radius 3 is 2.74 bits per heavy atom. The van der Waals surface area contributed by atoms with Gasteiger partial charge in [0.1, 0.15) is 5.69 Å². The molecule has 102 valence electrons. The summed E-state index contributed by atoms with van der Waals surface area (Å²) in [5, 5.41) is 8.97. The predicted octanol–water partition coefficient (Wildman–Crippen LogP) is 2.40. The first-order valence-electron chi connectivity index (χ1n) is 7.12. The van der Waals surface area contributed by atoms with Crippen molar-refractivity contribution in [3.63, 3.8) is 0 Å². The standard InChI is InChI=1S/C15H20N2O2/c18-15(19)14-6-2-5-13(16-14)10-17-8-11-3-1-4-12(7-11)9-17/h2,5-6,11-12H,1,3-4,7-10H2,(H,18,19)/t11-,12-/m0/s1. The summed E-state index contributed by atoms with van der Waals surface area (Å²) in [5.74, 6) is 0.739. The molecule has 2 bridgehead atoms. The number of pyridine rings is 1. The molecule has 1 aromatic rings. The maximum atomic E-state index is 10.9. The normalized spacial score (nSPS) is 27.2. The summed E-state index contributed by atoms with van der Waals surface area (Å²) in [6.45, 7) is 3.08. The van der Waals surface area contributed by atoms with E-state index in [0.717, 1.165) is 37.2 Å². The Balaban J connectivity index is 1.68. The van der Waals surface area contributed by atoms with Crippen molar-refractivity contribution in [3.8, 4) is 0 Å². The molecule has 0 aromatic carbocycles. The highest BCUT2D eigenvalue weighted by molar-refractivity contribution is 5.85. The molecule has 1 saturated carbocycles. The number of likely N-dealkylation sites (tertiary alicyclic amines) is 1. The van der Waals surface area contributed by atoms with E-state index in [-0.39, 0.29) is 5.69 Å². The Hall–Kier alpha value is -1.42. The van der Waals surface area contributed by atoms with Gasteiger partial charge < -0.3 is 5.11 Å². The van der Waals surface area contributed by atoms with Crippen LogP contribution in [0.4, 0.5) is 0 Å². The smallest absolute Gasteiger partial charge is 0.354 e. The van der Waals surface area contributed by atoms with Crippen LogP contribution in [0, 0.1) is 11.8 Å². The topological polar surface area (TPSA) is 53.4 Å². The third-order valence-electron chi connectivity index (χ3n) is 4.34. The zero-order chi connectivity index (χ0) is 13.2. The van der Waals surface area contributed by atoms with Crippen molar-refractivity contribution in [3.05, 3.63) is 29.6 Å². The van der Waals surface area contributed by atoms with Gasteiger partial charge in [0, 0.05) is 19.6 Å². The number of hydrogen-bond donors (Lipinski definition) is 1. The van der Waals surface area contributed by atoms with E-state index in [4.69, 9.17) is 5.11 Å². The summed E-state index contributed by atoms with van der Waals surface area (Å²) < 4.78 is 0. The molecule has 4 nitrogen and oxygen atoms in total. The molecule has 1 aromatic heterocycles. The molecule has 1 aliphatic carbocycles. The molecule has 2 atom stereocenters. The van der Waals surface area contributed by atoms with Crippen LogP contribution in [-0.4, -0.2) is 34.0 Å². The lowest BCUT2D eigenvalue weighted by Crippen LogP contribution is -2.42. The van der Waals surface area contributed by atoms with Crippen LogP contribution in [0.5, 0.6) is 0 Å². The minimum absolute atomic E-state index is 0.148. The van der Waals surface area contributed by atoms with E-state index < -0.39 is 5.97 Å². The average Bonchev–Trinajstić information content (AvgIpc) is 2.38. The van der Waals surface area contributed by atoms with Gasteiger partial charge in [0.2, 0.25) is 0 Å². The van der Waals surface area contributed by atoms with Gasteiger partial charge in [-0.05, 0) is 43.2 Å². The van der Waals surface area contributed by atoms with E-state index in [1.165, 1.54) is 25.7 Å². The van der Waals surface area contributed by atoms with Crippen LogP contribution in [0.15, 0.2) is 18.2 Å². The Morgan fingerprint density at radius 2 is 2.05 bits per heavy atom. The molecular formula is C15H20N2O2. The number of carboxylic acids is 1. The van der Waals surface area contributed by atoms with Crippen LogP contribution in [0.1, 0.15) is 41.9 Å². The third-order valence-corrected chi connectivity index (χ3v) is 4.34. The molecule has 0 unspecified atom stereocenters. The number of nitrogens with zero attached hydrogens (tertiary/aromatic N) is 2. The molecule has 19 heavy (non-hydrogen) atoms. The second-order valence-corrected chi connectivity index (χ2v) is 5.91. The van der Waals surface area contributed by atoms with Crippen molar-refractivity contribution in [2.24, 2.45) is 11.8 Å². The van der Waals surface area contributed by atoms with Gasteiger partial charge in [-0.15, -0.1) is 0 Å².